The number of hydrogen-bond donors (Lipinski definition) is 3. The SMILES string of the molecule is CCn1c2ccccc2c2cc(NC(=O)CSc3cccc(NC(=O)/C(=C\c4c(Cl)cccc4Cl)NC(=O)c4ccccc4)c3)ccc21. The number of fused-ring (bicyclic) bond motifs is 3. The Labute approximate surface area is 291 Å². The van der Waals surface area contributed by atoms with Gasteiger partial charge in [0.25, 0.3) is 11.8 Å². The first-order chi connectivity index (χ1) is 23.3. The van der Waals surface area contributed by atoms with Gasteiger partial charge >= 0.3 is 0 Å². The molecule has 6 rings (SSSR count). The Morgan fingerprint density at radius 2 is 1.42 bits per heavy atom. The zero-order valence-corrected chi connectivity index (χ0v) is 28.1. The number of anilines is 2. The molecule has 0 aliphatic heterocycles. The van der Waals surface area contributed by atoms with Crippen molar-refractivity contribution in [3.63, 3.8) is 0 Å². The molecule has 0 aliphatic rings. The first kappa shape index (κ1) is 32.9. The molecule has 3 N–H and O–H groups in total. The van der Waals surface area contributed by atoms with Crippen LogP contribution >= 0.6 is 35.0 Å². The van der Waals surface area contributed by atoms with Crippen LogP contribution in [0.5, 0.6) is 0 Å². The number of aryl methyl sites for hydroxylation is 1. The zero-order valence-electron chi connectivity index (χ0n) is 25.8. The first-order valence-corrected chi connectivity index (χ1v) is 16.9. The van der Waals surface area contributed by atoms with E-state index in [0.717, 1.165) is 38.9 Å². The van der Waals surface area contributed by atoms with E-state index in [4.69, 9.17) is 23.2 Å². The van der Waals surface area contributed by atoms with Crippen molar-refractivity contribution in [1.29, 1.82) is 0 Å². The minimum Gasteiger partial charge on any atom is -0.341 e. The van der Waals surface area contributed by atoms with E-state index in [1.165, 1.54) is 17.8 Å². The number of halogens is 2. The van der Waals surface area contributed by atoms with Crippen LogP contribution in [0.2, 0.25) is 10.0 Å². The number of amides is 3. The number of nitrogens with zero attached hydrogens (tertiary/aromatic N) is 1. The highest BCUT2D eigenvalue weighted by Crippen LogP contribution is 2.31. The van der Waals surface area contributed by atoms with Crippen molar-refractivity contribution in [3.8, 4) is 0 Å². The maximum absolute atomic E-state index is 13.5. The fourth-order valence-electron chi connectivity index (χ4n) is 5.42. The van der Waals surface area contributed by atoms with Gasteiger partial charge in [-0.3, -0.25) is 14.4 Å². The molecule has 0 spiro atoms. The molecule has 1 aromatic heterocycles. The summed E-state index contributed by atoms with van der Waals surface area (Å²) in [6, 6.07) is 34.9. The fourth-order valence-corrected chi connectivity index (χ4v) is 6.68. The van der Waals surface area contributed by atoms with Crippen LogP contribution in [0.4, 0.5) is 11.4 Å². The molecule has 6 aromatic rings. The molecule has 0 bridgehead atoms. The molecule has 0 unspecified atom stereocenters. The Hall–Kier alpha value is -5.02. The summed E-state index contributed by atoms with van der Waals surface area (Å²) in [4.78, 5) is 40.3. The molecule has 0 fully saturated rings. The number of carbonyl (C=O) groups is 3. The second-order valence-electron chi connectivity index (χ2n) is 10.8. The maximum atomic E-state index is 13.5. The van der Waals surface area contributed by atoms with E-state index in [-0.39, 0.29) is 17.4 Å². The number of thioether (sulfide) groups is 1. The zero-order chi connectivity index (χ0) is 33.6. The van der Waals surface area contributed by atoms with E-state index < -0.39 is 11.8 Å². The molecular weight excluding hydrogens is 663 g/mol. The summed E-state index contributed by atoms with van der Waals surface area (Å²) in [6.07, 6.45) is 1.45. The predicted molar refractivity (Wildman–Crippen MR) is 198 cm³/mol. The van der Waals surface area contributed by atoms with Gasteiger partial charge in [0.15, 0.2) is 0 Å². The monoisotopic (exact) mass is 692 g/mol. The highest BCUT2D eigenvalue weighted by atomic mass is 35.5. The first-order valence-electron chi connectivity index (χ1n) is 15.2. The molecule has 0 saturated carbocycles. The molecule has 0 aliphatic carbocycles. The van der Waals surface area contributed by atoms with E-state index in [0.29, 0.717) is 26.9 Å². The summed E-state index contributed by atoms with van der Waals surface area (Å²) in [5.74, 6) is -1.03. The fraction of sp³-hybridized carbons (Fsp3) is 0.0789. The largest absolute Gasteiger partial charge is 0.341 e. The Balaban J connectivity index is 1.14. The number of para-hydroxylation sites is 1. The van der Waals surface area contributed by atoms with Gasteiger partial charge in [-0.25, -0.2) is 0 Å². The molecule has 0 radical (unpaired) electrons. The number of nitrogens with one attached hydrogen (secondary N) is 3. The van der Waals surface area contributed by atoms with Crippen molar-refractivity contribution in [2.75, 3.05) is 16.4 Å². The van der Waals surface area contributed by atoms with Crippen molar-refractivity contribution in [3.05, 3.63) is 142 Å². The van der Waals surface area contributed by atoms with Crippen LogP contribution in [0.25, 0.3) is 27.9 Å². The third kappa shape index (κ3) is 7.42. The lowest BCUT2D eigenvalue weighted by Gasteiger charge is -2.13. The van der Waals surface area contributed by atoms with Gasteiger partial charge in [-0.1, -0.05) is 71.7 Å². The Kier molecular flexibility index (Phi) is 10.2. The van der Waals surface area contributed by atoms with E-state index >= 15 is 0 Å². The van der Waals surface area contributed by atoms with E-state index in [1.54, 1.807) is 66.7 Å². The number of hydrogen-bond acceptors (Lipinski definition) is 4. The van der Waals surface area contributed by atoms with Gasteiger partial charge in [-0.05, 0) is 79.7 Å². The van der Waals surface area contributed by atoms with Gasteiger partial charge in [-0.2, -0.15) is 0 Å². The maximum Gasteiger partial charge on any atom is 0.272 e. The molecule has 3 amide bonds. The normalized spacial score (nSPS) is 11.4. The topological polar surface area (TPSA) is 92.2 Å². The minimum atomic E-state index is -0.574. The van der Waals surface area contributed by atoms with Crippen molar-refractivity contribution < 1.29 is 14.4 Å². The number of aromatic nitrogens is 1. The van der Waals surface area contributed by atoms with Crippen molar-refractivity contribution in [1.82, 2.24) is 9.88 Å². The average molecular weight is 694 g/mol. The number of carbonyl (C=O) groups excluding carboxylic acids is 3. The summed E-state index contributed by atoms with van der Waals surface area (Å²) >= 11 is 14.1. The van der Waals surface area contributed by atoms with Crippen LogP contribution in [0, 0.1) is 0 Å². The van der Waals surface area contributed by atoms with Crippen molar-refractivity contribution >= 4 is 91.9 Å². The van der Waals surface area contributed by atoms with Crippen LogP contribution in [-0.4, -0.2) is 28.0 Å². The average Bonchev–Trinajstić information content (AvgIpc) is 3.41. The lowest BCUT2D eigenvalue weighted by atomic mass is 10.1. The number of rotatable bonds is 10. The van der Waals surface area contributed by atoms with Crippen LogP contribution in [0.1, 0.15) is 22.8 Å². The Morgan fingerprint density at radius 1 is 0.729 bits per heavy atom. The molecule has 0 saturated heterocycles. The molecule has 48 heavy (non-hydrogen) atoms. The quantitative estimate of drug-likeness (QED) is 0.0986. The number of benzene rings is 5. The van der Waals surface area contributed by atoms with Crippen LogP contribution in [-0.2, 0) is 16.1 Å². The van der Waals surface area contributed by atoms with Crippen LogP contribution in [0.15, 0.2) is 126 Å². The van der Waals surface area contributed by atoms with Gasteiger partial charge in [-0.15, -0.1) is 11.8 Å². The van der Waals surface area contributed by atoms with Gasteiger partial charge in [0.05, 0.1) is 5.75 Å². The van der Waals surface area contributed by atoms with E-state index in [1.807, 2.05) is 36.4 Å². The predicted octanol–water partition coefficient (Wildman–Crippen LogP) is 9.26. The van der Waals surface area contributed by atoms with Crippen LogP contribution < -0.4 is 16.0 Å². The second kappa shape index (κ2) is 14.8. The smallest absolute Gasteiger partial charge is 0.272 e. The van der Waals surface area contributed by atoms with E-state index in [9.17, 15) is 14.4 Å². The lowest BCUT2D eigenvalue weighted by molar-refractivity contribution is -0.114. The molecule has 10 heteroatoms. The molecular formula is C38H30Cl2N4O3S. The van der Waals surface area contributed by atoms with Gasteiger partial charge < -0.3 is 20.5 Å². The van der Waals surface area contributed by atoms with E-state index in [2.05, 4.69) is 39.6 Å². The summed E-state index contributed by atoms with van der Waals surface area (Å²) in [6.45, 7) is 2.97. The Morgan fingerprint density at radius 3 is 2.19 bits per heavy atom. The molecule has 5 aromatic carbocycles. The van der Waals surface area contributed by atoms with Gasteiger partial charge in [0.2, 0.25) is 5.91 Å². The molecule has 1 heterocycles. The van der Waals surface area contributed by atoms with Gasteiger partial charge in [0, 0.05) is 65.8 Å². The minimum absolute atomic E-state index is 0.0460. The van der Waals surface area contributed by atoms with Crippen LogP contribution in [0.3, 0.4) is 0 Å². The molecule has 0 atom stereocenters. The summed E-state index contributed by atoms with van der Waals surface area (Å²) in [7, 11) is 0. The third-order valence-corrected chi connectivity index (χ3v) is 9.30. The summed E-state index contributed by atoms with van der Waals surface area (Å²) in [5, 5.41) is 11.4. The molecule has 240 valence electrons. The summed E-state index contributed by atoms with van der Waals surface area (Å²) < 4.78 is 2.26. The second-order valence-corrected chi connectivity index (χ2v) is 12.7. The van der Waals surface area contributed by atoms with Crippen molar-refractivity contribution in [2.45, 2.75) is 18.4 Å². The Bertz CT molecular complexity index is 2180. The standard InChI is InChI=1S/C38H30Cl2N4O3S/c1-2-44-34-17-7-6-14-28(34)29-21-26(18-19-35(29)44)41-36(45)23-48-27-13-8-12-25(20-27)42-38(47)33(22-30-31(39)15-9-16-32(30)40)43-37(46)24-10-4-3-5-11-24/h3-22H,2,23H2,1H3,(H,41,45)(H,42,47)(H,43,46)/b33-22+. The van der Waals surface area contributed by atoms with Crippen molar-refractivity contribution in [2.24, 2.45) is 0 Å². The third-order valence-electron chi connectivity index (χ3n) is 7.65. The summed E-state index contributed by atoms with van der Waals surface area (Å²) in [5.41, 5.74) is 4.22. The van der Waals surface area contributed by atoms with Gasteiger partial charge in [0.1, 0.15) is 5.70 Å². The molecule has 7 nitrogen and oxygen atoms in total. The lowest BCUT2D eigenvalue weighted by Crippen LogP contribution is -2.30. The highest BCUT2D eigenvalue weighted by molar-refractivity contribution is 8.00. The highest BCUT2D eigenvalue weighted by Gasteiger charge is 2.17.